The molecule has 0 aliphatic heterocycles. The molecule has 1 aliphatic carbocycles. The summed E-state index contributed by atoms with van der Waals surface area (Å²) in [5, 5.41) is 12.4. The fourth-order valence-corrected chi connectivity index (χ4v) is 3.33. The van der Waals surface area contributed by atoms with E-state index in [0.29, 0.717) is 12.0 Å². The molecule has 2 N–H and O–H groups in total. The monoisotopic (exact) mass is 387 g/mol. The van der Waals surface area contributed by atoms with Crippen molar-refractivity contribution in [3.63, 3.8) is 0 Å². The van der Waals surface area contributed by atoms with Crippen LogP contribution in [0.4, 0.5) is 0 Å². The van der Waals surface area contributed by atoms with Crippen LogP contribution < -0.4 is 5.32 Å². The van der Waals surface area contributed by atoms with E-state index >= 15 is 0 Å². The maximum atomic E-state index is 12.3. The van der Waals surface area contributed by atoms with Gasteiger partial charge in [-0.3, -0.25) is 9.59 Å². The molecule has 0 spiro atoms. The molecule has 1 amide bonds. The fourth-order valence-electron chi connectivity index (χ4n) is 2.70. The van der Waals surface area contributed by atoms with Crippen molar-refractivity contribution in [3.05, 3.63) is 33.4 Å². The average molecular weight is 387 g/mol. The van der Waals surface area contributed by atoms with Crippen LogP contribution in [0.25, 0.3) is 0 Å². The van der Waals surface area contributed by atoms with Gasteiger partial charge >= 0.3 is 5.97 Å². The first-order chi connectivity index (χ1) is 9.45. The van der Waals surface area contributed by atoms with E-state index in [2.05, 4.69) is 27.9 Å². The Morgan fingerprint density at radius 1 is 1.35 bits per heavy atom. The molecule has 0 bridgehead atoms. The van der Waals surface area contributed by atoms with Gasteiger partial charge in [0, 0.05) is 9.61 Å². The summed E-state index contributed by atoms with van der Waals surface area (Å²) < 4.78 is 0.871. The fraction of sp³-hybridized carbons (Fsp3) is 0.467. The quantitative estimate of drug-likeness (QED) is 0.784. The number of hydrogen-bond donors (Lipinski definition) is 2. The molecule has 108 valence electrons. The van der Waals surface area contributed by atoms with Gasteiger partial charge in [0.25, 0.3) is 5.91 Å². The summed E-state index contributed by atoms with van der Waals surface area (Å²) >= 11 is 2.11. The molecular weight excluding hydrogens is 369 g/mol. The smallest absolute Gasteiger partial charge is 0.311 e. The van der Waals surface area contributed by atoms with Crippen molar-refractivity contribution in [1.82, 2.24) is 5.32 Å². The Morgan fingerprint density at radius 2 is 2.05 bits per heavy atom. The first-order valence-corrected chi connectivity index (χ1v) is 7.82. The van der Waals surface area contributed by atoms with Crippen LogP contribution in [0.3, 0.4) is 0 Å². The zero-order valence-corrected chi connectivity index (χ0v) is 13.5. The standard InChI is InChI=1S/C15H18INO3/c1-15(14(19)20)9-5-4-8-12(15)17-13(18)10-6-2-3-7-11(10)16/h2-3,6-7,12H,4-5,8-9H2,1H3,(H,17,18)(H,19,20). The van der Waals surface area contributed by atoms with Gasteiger partial charge in [-0.25, -0.2) is 0 Å². The summed E-state index contributed by atoms with van der Waals surface area (Å²) in [5.41, 5.74) is -0.264. The van der Waals surface area contributed by atoms with Gasteiger partial charge < -0.3 is 10.4 Å². The number of carboxylic acid groups (broad SMARTS) is 1. The van der Waals surface area contributed by atoms with Crippen molar-refractivity contribution in [2.45, 2.75) is 38.6 Å². The number of aliphatic carboxylic acids is 1. The summed E-state index contributed by atoms with van der Waals surface area (Å²) in [5.74, 6) is -1.01. The second-order valence-corrected chi connectivity index (χ2v) is 6.64. The molecular formula is C15H18INO3. The van der Waals surface area contributed by atoms with Crippen molar-refractivity contribution in [1.29, 1.82) is 0 Å². The Kier molecular flexibility index (Phi) is 4.67. The largest absolute Gasteiger partial charge is 0.481 e. The molecule has 1 fully saturated rings. The van der Waals surface area contributed by atoms with Gasteiger partial charge in [0.05, 0.1) is 11.0 Å². The number of nitrogens with one attached hydrogen (secondary N) is 1. The van der Waals surface area contributed by atoms with Crippen molar-refractivity contribution >= 4 is 34.5 Å². The Balaban J connectivity index is 2.18. The highest BCUT2D eigenvalue weighted by Crippen LogP contribution is 2.36. The molecule has 0 saturated heterocycles. The molecule has 1 aromatic carbocycles. The molecule has 1 saturated carbocycles. The number of carbonyl (C=O) groups is 2. The number of benzene rings is 1. The number of hydrogen-bond acceptors (Lipinski definition) is 2. The van der Waals surface area contributed by atoms with Crippen LogP contribution in [0.2, 0.25) is 0 Å². The van der Waals surface area contributed by atoms with Crippen LogP contribution in [-0.4, -0.2) is 23.0 Å². The molecule has 4 nitrogen and oxygen atoms in total. The molecule has 2 unspecified atom stereocenters. The lowest BCUT2D eigenvalue weighted by Gasteiger charge is -2.38. The van der Waals surface area contributed by atoms with E-state index in [-0.39, 0.29) is 11.9 Å². The van der Waals surface area contributed by atoms with E-state index in [1.165, 1.54) is 0 Å². The first kappa shape index (κ1) is 15.3. The van der Waals surface area contributed by atoms with Gasteiger partial charge in [-0.1, -0.05) is 25.0 Å². The third-order valence-corrected chi connectivity index (χ3v) is 5.06. The van der Waals surface area contributed by atoms with Crippen molar-refractivity contribution < 1.29 is 14.7 Å². The van der Waals surface area contributed by atoms with E-state index in [0.717, 1.165) is 22.8 Å². The first-order valence-electron chi connectivity index (χ1n) is 6.74. The summed E-state index contributed by atoms with van der Waals surface area (Å²) in [6, 6.07) is 7.01. The maximum absolute atomic E-state index is 12.3. The van der Waals surface area contributed by atoms with E-state index < -0.39 is 11.4 Å². The predicted molar refractivity (Wildman–Crippen MR) is 84.6 cm³/mol. The minimum Gasteiger partial charge on any atom is -0.481 e. The number of rotatable bonds is 3. The van der Waals surface area contributed by atoms with Gasteiger partial charge in [-0.15, -0.1) is 0 Å². The number of carbonyl (C=O) groups excluding carboxylic acids is 1. The van der Waals surface area contributed by atoms with E-state index in [1.54, 1.807) is 13.0 Å². The highest BCUT2D eigenvalue weighted by atomic mass is 127. The second-order valence-electron chi connectivity index (χ2n) is 5.47. The molecule has 2 atom stereocenters. The predicted octanol–water partition coefficient (Wildman–Crippen LogP) is 3.05. The lowest BCUT2D eigenvalue weighted by Crippen LogP contribution is -2.52. The summed E-state index contributed by atoms with van der Waals surface area (Å²) in [7, 11) is 0. The Bertz CT molecular complexity index is 532. The van der Waals surface area contributed by atoms with Crippen LogP contribution in [0.5, 0.6) is 0 Å². The molecule has 0 radical (unpaired) electrons. The number of amides is 1. The molecule has 2 rings (SSSR count). The van der Waals surface area contributed by atoms with Crippen LogP contribution in [0.15, 0.2) is 24.3 Å². The van der Waals surface area contributed by atoms with Crippen molar-refractivity contribution in [2.24, 2.45) is 5.41 Å². The minimum absolute atomic E-state index is 0.186. The highest BCUT2D eigenvalue weighted by molar-refractivity contribution is 14.1. The molecule has 0 heterocycles. The lowest BCUT2D eigenvalue weighted by molar-refractivity contribution is -0.151. The van der Waals surface area contributed by atoms with Crippen molar-refractivity contribution in [2.75, 3.05) is 0 Å². The van der Waals surface area contributed by atoms with Crippen LogP contribution in [0, 0.1) is 8.99 Å². The van der Waals surface area contributed by atoms with Crippen molar-refractivity contribution in [3.8, 4) is 0 Å². The second kappa shape index (κ2) is 6.11. The van der Waals surface area contributed by atoms with Gasteiger partial charge in [-0.2, -0.15) is 0 Å². The molecule has 5 heteroatoms. The summed E-state index contributed by atoms with van der Waals surface area (Å²) in [6.45, 7) is 1.73. The topological polar surface area (TPSA) is 66.4 Å². The molecule has 20 heavy (non-hydrogen) atoms. The number of carboxylic acids is 1. The summed E-state index contributed by atoms with van der Waals surface area (Å²) in [4.78, 5) is 23.9. The van der Waals surface area contributed by atoms with Gasteiger partial charge in [0.15, 0.2) is 0 Å². The normalized spacial score (nSPS) is 26.0. The SMILES string of the molecule is CC1(C(=O)O)CCCCC1NC(=O)c1ccccc1I. The zero-order valence-electron chi connectivity index (χ0n) is 11.4. The Hall–Kier alpha value is -1.11. The molecule has 1 aromatic rings. The molecule has 1 aliphatic rings. The van der Waals surface area contributed by atoms with Crippen LogP contribution in [0.1, 0.15) is 43.0 Å². The zero-order chi connectivity index (χ0) is 14.8. The van der Waals surface area contributed by atoms with E-state index in [1.807, 2.05) is 18.2 Å². The summed E-state index contributed by atoms with van der Waals surface area (Å²) in [6.07, 6.45) is 3.19. The van der Waals surface area contributed by atoms with Crippen LogP contribution in [-0.2, 0) is 4.79 Å². The van der Waals surface area contributed by atoms with Gasteiger partial charge in [0.1, 0.15) is 0 Å². The van der Waals surface area contributed by atoms with Crippen LogP contribution >= 0.6 is 22.6 Å². The van der Waals surface area contributed by atoms with Gasteiger partial charge in [0.2, 0.25) is 0 Å². The van der Waals surface area contributed by atoms with Gasteiger partial charge in [-0.05, 0) is 54.5 Å². The number of halogens is 1. The average Bonchev–Trinajstić information content (AvgIpc) is 2.41. The third-order valence-electron chi connectivity index (χ3n) is 4.12. The molecule has 0 aromatic heterocycles. The third kappa shape index (κ3) is 2.97. The Labute approximate surface area is 132 Å². The highest BCUT2D eigenvalue weighted by Gasteiger charge is 2.43. The minimum atomic E-state index is -0.867. The van der Waals surface area contributed by atoms with E-state index in [9.17, 15) is 14.7 Å². The maximum Gasteiger partial charge on any atom is 0.311 e. The lowest BCUT2D eigenvalue weighted by atomic mass is 9.71. The van der Waals surface area contributed by atoms with E-state index in [4.69, 9.17) is 0 Å². The Morgan fingerprint density at radius 3 is 2.70 bits per heavy atom.